The Morgan fingerprint density at radius 3 is 2.59 bits per heavy atom. The van der Waals surface area contributed by atoms with Gasteiger partial charge in [-0.25, -0.2) is 10.5 Å². The molecule has 0 saturated heterocycles. The first kappa shape index (κ1) is 18.3. The number of hydrazine groups is 1. The minimum absolute atomic E-state index is 0.731. The monoisotopic (exact) mass is 380 g/mol. The number of nitrogens with zero attached hydrogens (tertiary/aromatic N) is 5. The van der Waals surface area contributed by atoms with Gasteiger partial charge in [0.15, 0.2) is 0 Å². The number of hydrogen-bond donors (Lipinski definition) is 1. The van der Waals surface area contributed by atoms with Crippen molar-refractivity contribution in [2.75, 3.05) is 5.01 Å². The summed E-state index contributed by atoms with van der Waals surface area (Å²) in [6.45, 7) is 8.36. The van der Waals surface area contributed by atoms with Crippen molar-refractivity contribution in [2.24, 2.45) is 5.84 Å². The molecule has 2 N–H and O–H groups in total. The number of benzene rings is 1. The Hall–Kier alpha value is -4.03. The quantitative estimate of drug-likeness (QED) is 0.307. The summed E-state index contributed by atoms with van der Waals surface area (Å²) in [5, 5.41) is 7.03. The van der Waals surface area contributed by atoms with E-state index in [9.17, 15) is 0 Å². The summed E-state index contributed by atoms with van der Waals surface area (Å²) in [5.74, 6) is 6.07. The standard InChI is InChI=1S/C23H20N6/c1-17(11-16-28(24)19-7-12-25-13-8-19)18(2)22-10-15-27-29(22)23-9-14-26-21-6-4-3-5-20(21)23/h3-16H,1-2,24H2/b16-11-. The molecule has 3 aromatic heterocycles. The van der Waals surface area contributed by atoms with E-state index in [-0.39, 0.29) is 0 Å². The lowest BCUT2D eigenvalue weighted by Crippen LogP contribution is -2.23. The fraction of sp³-hybridized carbons (Fsp3) is 0. The summed E-state index contributed by atoms with van der Waals surface area (Å²) < 4.78 is 1.86. The van der Waals surface area contributed by atoms with Gasteiger partial charge >= 0.3 is 0 Å². The first-order chi connectivity index (χ1) is 14.1. The molecule has 0 amide bonds. The Labute approximate surface area is 168 Å². The van der Waals surface area contributed by atoms with Crippen molar-refractivity contribution in [1.82, 2.24) is 19.7 Å². The molecule has 0 bridgehead atoms. The molecule has 0 atom stereocenters. The van der Waals surface area contributed by atoms with Crippen LogP contribution < -0.4 is 10.9 Å². The molecule has 0 unspecified atom stereocenters. The third-order valence-corrected chi connectivity index (χ3v) is 4.59. The second-order valence-corrected chi connectivity index (χ2v) is 6.41. The van der Waals surface area contributed by atoms with Crippen LogP contribution >= 0.6 is 0 Å². The van der Waals surface area contributed by atoms with Gasteiger partial charge in [-0.15, -0.1) is 0 Å². The smallest absolute Gasteiger partial charge is 0.0762 e. The predicted octanol–water partition coefficient (Wildman–Crippen LogP) is 4.28. The maximum Gasteiger partial charge on any atom is 0.0762 e. The molecule has 142 valence electrons. The molecule has 0 fully saturated rings. The zero-order valence-corrected chi connectivity index (χ0v) is 15.8. The summed E-state index contributed by atoms with van der Waals surface area (Å²) in [6.07, 6.45) is 10.5. The number of aromatic nitrogens is 4. The van der Waals surface area contributed by atoms with Gasteiger partial charge < -0.3 is 0 Å². The Morgan fingerprint density at radius 1 is 0.966 bits per heavy atom. The average molecular weight is 380 g/mol. The van der Waals surface area contributed by atoms with Gasteiger partial charge in [0.25, 0.3) is 0 Å². The minimum atomic E-state index is 0.731. The maximum absolute atomic E-state index is 6.07. The summed E-state index contributed by atoms with van der Waals surface area (Å²) in [7, 11) is 0. The van der Waals surface area contributed by atoms with Crippen LogP contribution in [0.3, 0.4) is 0 Å². The van der Waals surface area contributed by atoms with E-state index in [2.05, 4.69) is 28.2 Å². The van der Waals surface area contributed by atoms with Gasteiger partial charge in [-0.3, -0.25) is 15.0 Å². The van der Waals surface area contributed by atoms with E-state index in [1.54, 1.807) is 31.0 Å². The fourth-order valence-corrected chi connectivity index (χ4v) is 3.03. The average Bonchev–Trinajstić information content (AvgIpc) is 3.26. The second kappa shape index (κ2) is 7.92. The van der Waals surface area contributed by atoms with Gasteiger partial charge in [0.05, 0.1) is 28.8 Å². The Kier molecular flexibility index (Phi) is 5.01. The number of rotatable bonds is 6. The lowest BCUT2D eigenvalue weighted by atomic mass is 10.1. The van der Waals surface area contributed by atoms with Gasteiger partial charge in [-0.1, -0.05) is 31.4 Å². The lowest BCUT2D eigenvalue weighted by Gasteiger charge is -2.14. The third-order valence-electron chi connectivity index (χ3n) is 4.59. The highest BCUT2D eigenvalue weighted by Crippen LogP contribution is 2.27. The summed E-state index contributed by atoms with van der Waals surface area (Å²) >= 11 is 0. The van der Waals surface area contributed by atoms with Gasteiger partial charge in [0.2, 0.25) is 0 Å². The van der Waals surface area contributed by atoms with E-state index >= 15 is 0 Å². The Bertz CT molecular complexity index is 1200. The minimum Gasteiger partial charge on any atom is -0.287 e. The molecular weight excluding hydrogens is 360 g/mol. The van der Waals surface area contributed by atoms with Crippen molar-refractivity contribution in [1.29, 1.82) is 0 Å². The Balaban J connectivity index is 1.61. The molecule has 1 aromatic carbocycles. The third kappa shape index (κ3) is 3.69. The summed E-state index contributed by atoms with van der Waals surface area (Å²) in [6, 6.07) is 15.5. The largest absolute Gasteiger partial charge is 0.287 e. The van der Waals surface area contributed by atoms with Crippen LogP contribution in [0.1, 0.15) is 5.69 Å². The highest BCUT2D eigenvalue weighted by molar-refractivity contribution is 5.88. The summed E-state index contributed by atoms with van der Waals surface area (Å²) in [5.41, 5.74) is 5.00. The molecule has 4 aromatic rings. The number of fused-ring (bicyclic) bond motifs is 1. The molecule has 0 saturated carbocycles. The fourth-order valence-electron chi connectivity index (χ4n) is 3.03. The number of nitrogens with two attached hydrogens (primary N) is 1. The van der Waals surface area contributed by atoms with Crippen LogP contribution in [0.4, 0.5) is 5.69 Å². The van der Waals surface area contributed by atoms with Crippen molar-refractivity contribution in [3.05, 3.63) is 110 Å². The molecule has 3 heterocycles. The first-order valence-electron chi connectivity index (χ1n) is 9.04. The number of allylic oxidation sites excluding steroid dienone is 3. The van der Waals surface area contributed by atoms with Crippen molar-refractivity contribution >= 4 is 22.2 Å². The van der Waals surface area contributed by atoms with Crippen LogP contribution in [0.2, 0.25) is 0 Å². The van der Waals surface area contributed by atoms with Gasteiger partial charge in [0.1, 0.15) is 0 Å². The number of para-hydroxylation sites is 1. The SMILES string of the molecule is C=C(/C=C\N(N)c1ccncc1)C(=C)c1ccnn1-c1ccnc2ccccc12. The highest BCUT2D eigenvalue weighted by atomic mass is 15.4. The molecule has 6 heteroatoms. The number of pyridine rings is 2. The highest BCUT2D eigenvalue weighted by Gasteiger charge is 2.12. The molecule has 0 radical (unpaired) electrons. The van der Waals surface area contributed by atoms with Crippen LogP contribution in [-0.2, 0) is 0 Å². The van der Waals surface area contributed by atoms with Crippen LogP contribution in [0, 0.1) is 0 Å². The van der Waals surface area contributed by atoms with Crippen LogP contribution in [0.25, 0.3) is 22.2 Å². The van der Waals surface area contributed by atoms with Crippen LogP contribution in [-0.4, -0.2) is 19.7 Å². The van der Waals surface area contributed by atoms with Crippen LogP contribution in [0.15, 0.2) is 104 Å². The topological polar surface area (TPSA) is 72.9 Å². The first-order valence-corrected chi connectivity index (χ1v) is 9.04. The molecule has 0 spiro atoms. The van der Waals surface area contributed by atoms with Crippen molar-refractivity contribution in [2.45, 2.75) is 0 Å². The normalized spacial score (nSPS) is 11.1. The van der Waals surface area contributed by atoms with E-state index in [1.165, 1.54) is 5.01 Å². The van der Waals surface area contributed by atoms with Gasteiger partial charge in [-0.05, 0) is 47.6 Å². The van der Waals surface area contributed by atoms with Crippen molar-refractivity contribution in [3.8, 4) is 5.69 Å². The zero-order chi connectivity index (χ0) is 20.2. The molecule has 4 rings (SSSR count). The molecule has 6 nitrogen and oxygen atoms in total. The Morgan fingerprint density at radius 2 is 1.76 bits per heavy atom. The maximum atomic E-state index is 6.07. The molecule has 29 heavy (non-hydrogen) atoms. The number of hydrogen-bond acceptors (Lipinski definition) is 5. The van der Waals surface area contributed by atoms with Crippen LogP contribution in [0.5, 0.6) is 0 Å². The number of anilines is 1. The van der Waals surface area contributed by atoms with Gasteiger partial charge in [0, 0.05) is 30.2 Å². The molecular formula is C23H20N6. The van der Waals surface area contributed by atoms with E-state index in [1.807, 2.05) is 59.3 Å². The molecule has 0 aliphatic carbocycles. The van der Waals surface area contributed by atoms with Crippen molar-refractivity contribution < 1.29 is 0 Å². The predicted molar refractivity (Wildman–Crippen MR) is 117 cm³/mol. The van der Waals surface area contributed by atoms with E-state index in [4.69, 9.17) is 5.84 Å². The molecule has 0 aliphatic rings. The summed E-state index contributed by atoms with van der Waals surface area (Å²) in [4.78, 5) is 8.42. The van der Waals surface area contributed by atoms with Gasteiger partial charge in [-0.2, -0.15) is 5.10 Å². The lowest BCUT2D eigenvalue weighted by molar-refractivity contribution is 0.873. The van der Waals surface area contributed by atoms with E-state index < -0.39 is 0 Å². The second-order valence-electron chi connectivity index (χ2n) is 6.41. The molecule has 0 aliphatic heterocycles. The van der Waals surface area contributed by atoms with E-state index in [0.717, 1.165) is 39.1 Å². The van der Waals surface area contributed by atoms with Crippen molar-refractivity contribution in [3.63, 3.8) is 0 Å². The van der Waals surface area contributed by atoms with E-state index in [0.29, 0.717) is 0 Å². The zero-order valence-electron chi connectivity index (χ0n) is 15.8.